The van der Waals surface area contributed by atoms with Gasteiger partial charge in [-0.15, -0.1) is 0 Å². The first-order chi connectivity index (χ1) is 12.1. The highest BCUT2D eigenvalue weighted by molar-refractivity contribution is 7.89. The summed E-state index contributed by atoms with van der Waals surface area (Å²) in [6, 6.07) is 9.98. The number of nitrogens with one attached hydrogen (secondary N) is 1. The van der Waals surface area contributed by atoms with Crippen LogP contribution in [0.5, 0.6) is 23.0 Å². The molecule has 25 heavy (non-hydrogen) atoms. The van der Waals surface area contributed by atoms with Crippen molar-refractivity contribution in [2.75, 3.05) is 26.4 Å². The molecule has 0 amide bonds. The van der Waals surface area contributed by atoms with Crippen LogP contribution in [-0.4, -0.2) is 34.8 Å². The predicted octanol–water partition coefficient (Wildman–Crippen LogP) is 1.71. The van der Waals surface area contributed by atoms with Crippen molar-refractivity contribution < 1.29 is 27.4 Å². The number of fused-ring (bicyclic) bond motifs is 2. The van der Waals surface area contributed by atoms with Crippen LogP contribution >= 0.6 is 0 Å². The molecule has 2 aliphatic rings. The van der Waals surface area contributed by atoms with E-state index in [1.165, 1.54) is 12.1 Å². The lowest BCUT2D eigenvalue weighted by molar-refractivity contribution is 0.170. The molecule has 0 aromatic heterocycles. The molecule has 2 aliphatic heterocycles. The second-order valence-corrected chi connectivity index (χ2v) is 7.34. The van der Waals surface area contributed by atoms with E-state index in [-0.39, 0.29) is 11.4 Å². The molecule has 0 fully saturated rings. The van der Waals surface area contributed by atoms with Crippen molar-refractivity contribution >= 4 is 10.0 Å². The molecule has 1 N–H and O–H groups in total. The number of hydrogen-bond acceptors (Lipinski definition) is 6. The maximum absolute atomic E-state index is 12.6. The molecule has 2 aromatic carbocycles. The summed E-state index contributed by atoms with van der Waals surface area (Å²) in [5, 5.41) is 0. The first kappa shape index (κ1) is 16.0. The van der Waals surface area contributed by atoms with E-state index in [1.54, 1.807) is 24.3 Å². The summed E-state index contributed by atoms with van der Waals surface area (Å²) in [6.07, 6.45) is 0. The molecule has 8 heteroatoms. The fourth-order valence-corrected chi connectivity index (χ4v) is 3.74. The SMILES string of the molecule is O=S(=O)(NCc1cccc2c1OCCO2)c1ccc2c(c1)OCCO2. The van der Waals surface area contributed by atoms with Gasteiger partial charge in [0.05, 0.1) is 4.90 Å². The summed E-state index contributed by atoms with van der Waals surface area (Å²) < 4.78 is 49.7. The van der Waals surface area contributed by atoms with Gasteiger partial charge < -0.3 is 18.9 Å². The Morgan fingerprint density at radius 1 is 0.840 bits per heavy atom. The minimum absolute atomic E-state index is 0.101. The summed E-state index contributed by atoms with van der Waals surface area (Å²) in [7, 11) is -3.70. The zero-order chi connectivity index (χ0) is 17.3. The van der Waals surface area contributed by atoms with Crippen LogP contribution in [-0.2, 0) is 16.6 Å². The van der Waals surface area contributed by atoms with E-state index in [2.05, 4.69) is 4.72 Å². The number of benzene rings is 2. The first-order valence-electron chi connectivity index (χ1n) is 7.90. The molecular weight excluding hydrogens is 346 g/mol. The van der Waals surface area contributed by atoms with E-state index in [9.17, 15) is 8.42 Å². The van der Waals surface area contributed by atoms with Crippen molar-refractivity contribution in [1.29, 1.82) is 0 Å². The maximum atomic E-state index is 12.6. The van der Waals surface area contributed by atoms with Gasteiger partial charge in [0, 0.05) is 18.2 Å². The van der Waals surface area contributed by atoms with E-state index in [1.807, 2.05) is 0 Å². The van der Waals surface area contributed by atoms with Gasteiger partial charge in [-0.05, 0) is 18.2 Å². The molecule has 4 rings (SSSR count). The van der Waals surface area contributed by atoms with Crippen molar-refractivity contribution in [3.63, 3.8) is 0 Å². The smallest absolute Gasteiger partial charge is 0.241 e. The van der Waals surface area contributed by atoms with Crippen LogP contribution in [0.3, 0.4) is 0 Å². The van der Waals surface area contributed by atoms with Crippen molar-refractivity contribution in [2.45, 2.75) is 11.4 Å². The summed E-state index contributed by atoms with van der Waals surface area (Å²) in [6.45, 7) is 1.89. The fourth-order valence-electron chi connectivity index (χ4n) is 2.72. The van der Waals surface area contributed by atoms with E-state index >= 15 is 0 Å². The number of hydrogen-bond donors (Lipinski definition) is 1. The molecule has 0 unspecified atom stereocenters. The largest absolute Gasteiger partial charge is 0.486 e. The third-order valence-corrected chi connectivity index (χ3v) is 5.32. The summed E-state index contributed by atoms with van der Waals surface area (Å²) >= 11 is 0. The Kier molecular flexibility index (Phi) is 4.14. The van der Waals surface area contributed by atoms with Crippen molar-refractivity contribution in [3.8, 4) is 23.0 Å². The normalized spacial score (nSPS) is 15.7. The van der Waals surface area contributed by atoms with E-state index < -0.39 is 10.0 Å². The summed E-state index contributed by atoms with van der Waals surface area (Å²) in [4.78, 5) is 0.124. The average molecular weight is 363 g/mol. The molecule has 0 saturated carbocycles. The monoisotopic (exact) mass is 363 g/mol. The van der Waals surface area contributed by atoms with Crippen LogP contribution < -0.4 is 23.7 Å². The van der Waals surface area contributed by atoms with Crippen LogP contribution in [0.4, 0.5) is 0 Å². The van der Waals surface area contributed by atoms with Crippen LogP contribution in [0, 0.1) is 0 Å². The highest BCUT2D eigenvalue weighted by Gasteiger charge is 2.21. The molecule has 0 aliphatic carbocycles. The van der Waals surface area contributed by atoms with Gasteiger partial charge in [0.1, 0.15) is 26.4 Å². The Labute approximate surface area is 145 Å². The maximum Gasteiger partial charge on any atom is 0.241 e. The number of sulfonamides is 1. The lowest BCUT2D eigenvalue weighted by Crippen LogP contribution is -2.25. The second kappa shape index (κ2) is 6.45. The number of rotatable bonds is 4. The first-order valence-corrected chi connectivity index (χ1v) is 9.39. The molecule has 7 nitrogen and oxygen atoms in total. The van der Waals surface area contributed by atoms with E-state index in [4.69, 9.17) is 18.9 Å². The fraction of sp³-hybridized carbons (Fsp3) is 0.294. The van der Waals surface area contributed by atoms with Crippen LogP contribution in [0.15, 0.2) is 41.3 Å². The van der Waals surface area contributed by atoms with Crippen LogP contribution in [0.2, 0.25) is 0 Å². The number of para-hydroxylation sites is 1. The Balaban J connectivity index is 1.54. The molecule has 0 saturated heterocycles. The van der Waals surface area contributed by atoms with Crippen LogP contribution in [0.25, 0.3) is 0 Å². The lowest BCUT2D eigenvalue weighted by Gasteiger charge is -2.21. The van der Waals surface area contributed by atoms with Crippen molar-refractivity contribution in [3.05, 3.63) is 42.0 Å². The van der Waals surface area contributed by atoms with E-state index in [0.29, 0.717) is 49.4 Å². The topological polar surface area (TPSA) is 83.1 Å². The molecule has 132 valence electrons. The summed E-state index contributed by atoms with van der Waals surface area (Å²) in [5.74, 6) is 2.19. The minimum Gasteiger partial charge on any atom is -0.486 e. The van der Waals surface area contributed by atoms with Crippen molar-refractivity contribution in [2.24, 2.45) is 0 Å². The van der Waals surface area contributed by atoms with Gasteiger partial charge in [-0.3, -0.25) is 0 Å². The van der Waals surface area contributed by atoms with Gasteiger partial charge in [-0.2, -0.15) is 0 Å². The molecule has 0 bridgehead atoms. The van der Waals surface area contributed by atoms with Gasteiger partial charge in [0.2, 0.25) is 10.0 Å². The highest BCUT2D eigenvalue weighted by atomic mass is 32.2. The summed E-state index contributed by atoms with van der Waals surface area (Å²) in [5.41, 5.74) is 0.721. The molecule has 2 heterocycles. The van der Waals surface area contributed by atoms with Gasteiger partial charge >= 0.3 is 0 Å². The molecule has 2 aromatic rings. The lowest BCUT2D eigenvalue weighted by atomic mass is 10.2. The Hall–Kier alpha value is -2.45. The van der Waals surface area contributed by atoms with Gasteiger partial charge in [-0.25, -0.2) is 13.1 Å². The van der Waals surface area contributed by atoms with Gasteiger partial charge in [0.25, 0.3) is 0 Å². The van der Waals surface area contributed by atoms with Gasteiger partial charge in [-0.1, -0.05) is 12.1 Å². The second-order valence-electron chi connectivity index (χ2n) is 5.57. The standard InChI is InChI=1S/C17H17NO6S/c19-25(20,13-4-5-14-16(10-13)23-7-6-21-14)18-11-12-2-1-3-15-17(12)24-9-8-22-15/h1-5,10,18H,6-9,11H2. The van der Waals surface area contributed by atoms with E-state index in [0.717, 1.165) is 5.56 Å². The Bertz CT molecular complexity index is 896. The molecule has 0 spiro atoms. The van der Waals surface area contributed by atoms with Crippen molar-refractivity contribution in [1.82, 2.24) is 4.72 Å². The quantitative estimate of drug-likeness (QED) is 0.890. The zero-order valence-corrected chi connectivity index (χ0v) is 14.2. The number of ether oxygens (including phenoxy) is 4. The zero-order valence-electron chi connectivity index (χ0n) is 13.4. The average Bonchev–Trinajstić information content (AvgIpc) is 2.66. The highest BCUT2D eigenvalue weighted by Crippen LogP contribution is 2.34. The Morgan fingerprint density at radius 2 is 1.56 bits per heavy atom. The molecular formula is C17H17NO6S. The third kappa shape index (κ3) is 3.22. The molecule has 0 atom stereocenters. The minimum atomic E-state index is -3.70. The third-order valence-electron chi connectivity index (χ3n) is 3.92. The van der Waals surface area contributed by atoms with Gasteiger partial charge in [0.15, 0.2) is 23.0 Å². The van der Waals surface area contributed by atoms with Crippen LogP contribution in [0.1, 0.15) is 5.56 Å². The molecule has 0 radical (unpaired) electrons. The Morgan fingerprint density at radius 3 is 2.40 bits per heavy atom. The predicted molar refractivity (Wildman–Crippen MR) is 88.9 cm³/mol.